The lowest BCUT2D eigenvalue weighted by molar-refractivity contribution is -0.121. The Kier molecular flexibility index (Phi) is 5.39. The van der Waals surface area contributed by atoms with Crippen molar-refractivity contribution in [2.75, 3.05) is 36.5 Å². The minimum Gasteiger partial charge on any atom is -0.324 e. The van der Waals surface area contributed by atoms with Crippen molar-refractivity contribution in [3.8, 4) is 0 Å². The maximum Gasteiger partial charge on any atom is 0.320 e. The number of likely N-dealkylation sites (tertiary alicyclic amines) is 1. The minimum atomic E-state index is -3.08. The molecule has 0 aliphatic carbocycles. The molecule has 1 atom stereocenters. The number of halogens is 1. The number of piperidine rings is 1. The van der Waals surface area contributed by atoms with Crippen molar-refractivity contribution in [1.82, 2.24) is 19.8 Å². The van der Waals surface area contributed by atoms with Crippen LogP contribution in [0.5, 0.6) is 0 Å². The number of carbonyl (C=O) groups is 2. The third kappa shape index (κ3) is 4.32. The normalized spacial score (nSPS) is 21.9. The molecule has 156 valence electrons. The summed E-state index contributed by atoms with van der Waals surface area (Å²) in [6.45, 7) is 0.794. The third-order valence-electron chi connectivity index (χ3n) is 5.35. The number of urea groups is 1. The van der Waals surface area contributed by atoms with Gasteiger partial charge in [-0.2, -0.15) is 0 Å². The van der Waals surface area contributed by atoms with Gasteiger partial charge in [0.1, 0.15) is 6.04 Å². The Labute approximate surface area is 173 Å². The first-order valence-electron chi connectivity index (χ1n) is 9.54. The lowest BCUT2D eigenvalue weighted by Crippen LogP contribution is -2.56. The van der Waals surface area contributed by atoms with Crippen molar-refractivity contribution >= 4 is 50.4 Å². The number of nitrogens with one attached hydrogen (secondary N) is 2. The summed E-state index contributed by atoms with van der Waals surface area (Å²) in [5.41, 5.74) is 1.38. The molecule has 2 aromatic rings. The highest BCUT2D eigenvalue weighted by Crippen LogP contribution is 2.23. The van der Waals surface area contributed by atoms with Crippen LogP contribution >= 0.6 is 11.6 Å². The van der Waals surface area contributed by atoms with E-state index in [0.29, 0.717) is 29.5 Å². The monoisotopic (exact) mass is 439 g/mol. The third-order valence-corrected chi connectivity index (χ3v) is 7.20. The van der Waals surface area contributed by atoms with E-state index >= 15 is 0 Å². The minimum absolute atomic E-state index is 0.0367. The number of hydrogen-bond acceptors (Lipinski definition) is 5. The lowest BCUT2D eigenvalue weighted by Gasteiger charge is -2.39. The van der Waals surface area contributed by atoms with E-state index in [1.54, 1.807) is 23.1 Å². The first-order chi connectivity index (χ1) is 13.8. The number of aromatic nitrogens is 2. The molecular formula is C18H22ClN5O4S. The molecule has 2 aliphatic heterocycles. The van der Waals surface area contributed by atoms with Crippen LogP contribution in [0.25, 0.3) is 11.0 Å². The second-order valence-electron chi connectivity index (χ2n) is 7.36. The quantitative estimate of drug-likeness (QED) is 0.741. The molecule has 2 N–H and O–H groups in total. The SMILES string of the molecule is O=C(Nc1nc2cc(Cl)ccc2[nH]1)[C@@H]1CCCCN1C(=O)N1CCS(=O)(=O)CC1. The molecule has 4 rings (SSSR count). The molecule has 0 unspecified atom stereocenters. The van der Waals surface area contributed by atoms with Crippen molar-refractivity contribution in [2.45, 2.75) is 25.3 Å². The summed E-state index contributed by atoms with van der Waals surface area (Å²) in [5, 5.41) is 3.31. The van der Waals surface area contributed by atoms with Crippen LogP contribution in [0.1, 0.15) is 19.3 Å². The molecule has 11 heteroatoms. The average Bonchev–Trinajstić information content (AvgIpc) is 3.08. The van der Waals surface area contributed by atoms with Gasteiger partial charge in [-0.3, -0.25) is 10.1 Å². The van der Waals surface area contributed by atoms with Gasteiger partial charge in [0.05, 0.1) is 22.5 Å². The van der Waals surface area contributed by atoms with Gasteiger partial charge in [0, 0.05) is 24.7 Å². The van der Waals surface area contributed by atoms with Gasteiger partial charge in [-0.25, -0.2) is 18.2 Å². The van der Waals surface area contributed by atoms with E-state index in [2.05, 4.69) is 15.3 Å². The highest BCUT2D eigenvalue weighted by Gasteiger charge is 2.36. The Morgan fingerprint density at radius 2 is 1.93 bits per heavy atom. The number of amides is 3. The number of nitrogens with zero attached hydrogens (tertiary/aromatic N) is 3. The molecule has 1 aromatic heterocycles. The zero-order chi connectivity index (χ0) is 20.6. The maximum atomic E-state index is 12.9. The van der Waals surface area contributed by atoms with Gasteiger partial charge in [0.2, 0.25) is 11.9 Å². The number of carbonyl (C=O) groups excluding carboxylic acids is 2. The summed E-state index contributed by atoms with van der Waals surface area (Å²) in [4.78, 5) is 36.3. The van der Waals surface area contributed by atoms with Crippen LogP contribution in [-0.4, -0.2) is 77.3 Å². The molecule has 0 bridgehead atoms. The maximum absolute atomic E-state index is 12.9. The molecule has 29 heavy (non-hydrogen) atoms. The predicted molar refractivity (Wildman–Crippen MR) is 110 cm³/mol. The molecule has 0 spiro atoms. The number of sulfone groups is 1. The Bertz CT molecular complexity index is 1040. The molecule has 0 saturated carbocycles. The van der Waals surface area contributed by atoms with Gasteiger partial charge >= 0.3 is 6.03 Å². The molecule has 1 aromatic carbocycles. The lowest BCUT2D eigenvalue weighted by atomic mass is 10.0. The Morgan fingerprint density at radius 1 is 1.17 bits per heavy atom. The Morgan fingerprint density at radius 3 is 2.69 bits per heavy atom. The molecule has 9 nitrogen and oxygen atoms in total. The smallest absolute Gasteiger partial charge is 0.320 e. The molecule has 2 aliphatic rings. The van der Waals surface area contributed by atoms with E-state index in [4.69, 9.17) is 11.6 Å². The van der Waals surface area contributed by atoms with Crippen molar-refractivity contribution in [1.29, 1.82) is 0 Å². The zero-order valence-corrected chi connectivity index (χ0v) is 17.3. The second-order valence-corrected chi connectivity index (χ2v) is 10.1. The van der Waals surface area contributed by atoms with Gasteiger partial charge in [-0.05, 0) is 37.5 Å². The standard InChI is InChI=1S/C18H22ClN5O4S/c19-12-4-5-13-14(11-12)21-17(20-13)22-16(25)15-3-1-2-6-24(15)18(26)23-7-9-29(27,28)10-8-23/h4-5,11,15H,1-3,6-10H2,(H2,20,21,22,25)/t15-/m0/s1. The molecule has 2 saturated heterocycles. The van der Waals surface area contributed by atoms with E-state index in [1.807, 2.05) is 0 Å². The van der Waals surface area contributed by atoms with Crippen LogP contribution in [0.3, 0.4) is 0 Å². The van der Waals surface area contributed by atoms with Crippen molar-refractivity contribution < 1.29 is 18.0 Å². The number of rotatable bonds is 2. The summed E-state index contributed by atoms with van der Waals surface area (Å²) in [6, 6.07) is 4.31. The van der Waals surface area contributed by atoms with Crippen LogP contribution in [0.2, 0.25) is 5.02 Å². The highest BCUT2D eigenvalue weighted by molar-refractivity contribution is 7.91. The van der Waals surface area contributed by atoms with Gasteiger partial charge in [-0.1, -0.05) is 11.6 Å². The predicted octanol–water partition coefficient (Wildman–Crippen LogP) is 1.86. The Hall–Kier alpha value is -2.33. The fraction of sp³-hybridized carbons (Fsp3) is 0.500. The molecule has 3 heterocycles. The number of imidazole rings is 1. The Balaban J connectivity index is 1.47. The van der Waals surface area contributed by atoms with Crippen LogP contribution in [0.4, 0.5) is 10.7 Å². The second kappa shape index (κ2) is 7.83. The van der Waals surface area contributed by atoms with Crippen molar-refractivity contribution in [3.63, 3.8) is 0 Å². The fourth-order valence-corrected chi connectivity index (χ4v) is 5.12. The van der Waals surface area contributed by atoms with Gasteiger partial charge in [0.15, 0.2) is 9.84 Å². The first-order valence-corrected chi connectivity index (χ1v) is 11.7. The van der Waals surface area contributed by atoms with E-state index in [0.717, 1.165) is 18.4 Å². The molecular weight excluding hydrogens is 418 g/mol. The van der Waals surface area contributed by atoms with E-state index < -0.39 is 15.9 Å². The van der Waals surface area contributed by atoms with Crippen LogP contribution in [0.15, 0.2) is 18.2 Å². The summed E-state index contributed by atoms with van der Waals surface area (Å²) in [7, 11) is -3.08. The van der Waals surface area contributed by atoms with Crippen LogP contribution in [0, 0.1) is 0 Å². The summed E-state index contributed by atoms with van der Waals surface area (Å²) in [5.74, 6) is -0.0853. The summed E-state index contributed by atoms with van der Waals surface area (Å²) in [6.07, 6.45) is 2.20. The average molecular weight is 440 g/mol. The van der Waals surface area contributed by atoms with E-state index in [1.165, 1.54) is 4.90 Å². The first kappa shape index (κ1) is 20.0. The summed E-state index contributed by atoms with van der Waals surface area (Å²) >= 11 is 5.97. The largest absolute Gasteiger partial charge is 0.324 e. The van der Waals surface area contributed by atoms with E-state index in [9.17, 15) is 18.0 Å². The fourth-order valence-electron chi connectivity index (χ4n) is 3.76. The molecule has 0 radical (unpaired) electrons. The van der Waals surface area contributed by atoms with Gasteiger partial charge < -0.3 is 14.8 Å². The number of anilines is 1. The number of fused-ring (bicyclic) bond motifs is 1. The number of H-pyrrole nitrogens is 1. The molecule has 3 amide bonds. The number of benzene rings is 1. The van der Waals surface area contributed by atoms with E-state index in [-0.39, 0.29) is 36.5 Å². The number of aromatic amines is 1. The number of hydrogen-bond donors (Lipinski definition) is 2. The zero-order valence-electron chi connectivity index (χ0n) is 15.7. The summed E-state index contributed by atoms with van der Waals surface area (Å²) < 4.78 is 23.3. The van der Waals surface area contributed by atoms with Gasteiger partial charge in [-0.15, -0.1) is 0 Å². The van der Waals surface area contributed by atoms with Crippen LogP contribution < -0.4 is 5.32 Å². The van der Waals surface area contributed by atoms with Crippen LogP contribution in [-0.2, 0) is 14.6 Å². The van der Waals surface area contributed by atoms with Crippen molar-refractivity contribution in [3.05, 3.63) is 23.2 Å². The van der Waals surface area contributed by atoms with Crippen molar-refractivity contribution in [2.24, 2.45) is 0 Å². The topological polar surface area (TPSA) is 115 Å². The highest BCUT2D eigenvalue weighted by atomic mass is 35.5. The van der Waals surface area contributed by atoms with Gasteiger partial charge in [0.25, 0.3) is 0 Å². The molecule has 2 fully saturated rings.